The lowest BCUT2D eigenvalue weighted by molar-refractivity contribution is -0.148. The number of carbonyl (C=O) groups is 2. The van der Waals surface area contributed by atoms with Gasteiger partial charge in [-0.2, -0.15) is 0 Å². The van der Waals surface area contributed by atoms with Crippen LogP contribution in [0.1, 0.15) is 33.6 Å². The Morgan fingerprint density at radius 1 is 1.53 bits per heavy atom. The average Bonchev–Trinajstić information content (AvgIpc) is 2.48. The van der Waals surface area contributed by atoms with Crippen LogP contribution >= 0.6 is 0 Å². The second-order valence-corrected chi connectivity index (χ2v) is 5.19. The first-order chi connectivity index (χ1) is 6.90. The van der Waals surface area contributed by atoms with Gasteiger partial charge in [0.15, 0.2) is 5.78 Å². The van der Waals surface area contributed by atoms with Crippen LogP contribution in [-0.2, 0) is 14.3 Å². The van der Waals surface area contributed by atoms with E-state index in [1.807, 2.05) is 0 Å². The van der Waals surface area contributed by atoms with Gasteiger partial charge in [-0.05, 0) is 24.0 Å². The van der Waals surface area contributed by atoms with E-state index in [1.54, 1.807) is 6.08 Å². The van der Waals surface area contributed by atoms with E-state index in [0.29, 0.717) is 12.3 Å². The normalized spacial score (nSPS) is 32.5. The summed E-state index contributed by atoms with van der Waals surface area (Å²) < 4.78 is 5.33. The van der Waals surface area contributed by atoms with Crippen LogP contribution in [-0.4, -0.2) is 17.9 Å². The van der Waals surface area contributed by atoms with Gasteiger partial charge in [-0.25, -0.2) is 0 Å². The molecule has 2 unspecified atom stereocenters. The second kappa shape index (κ2) is 3.19. The predicted octanol–water partition coefficient (Wildman–Crippen LogP) is 1.86. The van der Waals surface area contributed by atoms with E-state index >= 15 is 0 Å². The van der Waals surface area contributed by atoms with Gasteiger partial charge in [0.05, 0.1) is 0 Å². The molecule has 82 valence electrons. The van der Waals surface area contributed by atoms with Gasteiger partial charge in [0.1, 0.15) is 6.10 Å². The van der Waals surface area contributed by atoms with Crippen molar-refractivity contribution in [2.45, 2.75) is 39.7 Å². The number of fused-ring (bicyclic) bond motifs is 1. The van der Waals surface area contributed by atoms with Gasteiger partial charge in [0, 0.05) is 18.8 Å². The molecule has 2 atom stereocenters. The average molecular weight is 208 g/mol. The van der Waals surface area contributed by atoms with Gasteiger partial charge >= 0.3 is 5.97 Å². The summed E-state index contributed by atoms with van der Waals surface area (Å²) in [7, 11) is 0. The van der Waals surface area contributed by atoms with E-state index in [2.05, 4.69) is 13.8 Å². The largest absolute Gasteiger partial charge is 0.457 e. The highest BCUT2D eigenvalue weighted by Gasteiger charge is 2.49. The summed E-state index contributed by atoms with van der Waals surface area (Å²) in [6, 6.07) is 0. The highest BCUT2D eigenvalue weighted by Crippen LogP contribution is 2.50. The Kier molecular flexibility index (Phi) is 2.21. The Labute approximate surface area is 89.5 Å². The summed E-state index contributed by atoms with van der Waals surface area (Å²) in [6.45, 7) is 5.59. The van der Waals surface area contributed by atoms with Gasteiger partial charge in [-0.1, -0.05) is 13.8 Å². The molecule has 0 aliphatic heterocycles. The molecule has 0 amide bonds. The molecule has 0 spiro atoms. The zero-order valence-corrected chi connectivity index (χ0v) is 9.37. The van der Waals surface area contributed by atoms with Crippen molar-refractivity contribution < 1.29 is 14.3 Å². The first-order valence-electron chi connectivity index (χ1n) is 5.32. The van der Waals surface area contributed by atoms with Crippen LogP contribution in [0.5, 0.6) is 0 Å². The summed E-state index contributed by atoms with van der Waals surface area (Å²) in [5.41, 5.74) is 0.989. The van der Waals surface area contributed by atoms with Crippen LogP contribution < -0.4 is 0 Å². The topological polar surface area (TPSA) is 43.4 Å². The lowest BCUT2D eigenvalue weighted by atomic mass is 9.87. The minimum Gasteiger partial charge on any atom is -0.457 e. The highest BCUT2D eigenvalue weighted by molar-refractivity contribution is 5.94. The lowest BCUT2D eigenvalue weighted by Crippen LogP contribution is -2.29. The quantitative estimate of drug-likeness (QED) is 0.618. The van der Waals surface area contributed by atoms with Crippen LogP contribution in [0.2, 0.25) is 0 Å². The van der Waals surface area contributed by atoms with Crippen molar-refractivity contribution in [3.8, 4) is 0 Å². The van der Waals surface area contributed by atoms with Gasteiger partial charge in [0.2, 0.25) is 0 Å². The number of carbonyl (C=O) groups excluding carboxylic acids is 2. The van der Waals surface area contributed by atoms with E-state index in [-0.39, 0.29) is 23.3 Å². The first-order valence-corrected chi connectivity index (χ1v) is 5.32. The number of allylic oxidation sites excluding steroid dienone is 1. The molecular weight excluding hydrogens is 192 g/mol. The number of hydrogen-bond acceptors (Lipinski definition) is 3. The molecule has 1 saturated carbocycles. The van der Waals surface area contributed by atoms with Gasteiger partial charge in [-0.3, -0.25) is 9.59 Å². The molecule has 15 heavy (non-hydrogen) atoms. The molecule has 2 rings (SSSR count). The van der Waals surface area contributed by atoms with E-state index < -0.39 is 0 Å². The maximum atomic E-state index is 11.3. The van der Waals surface area contributed by atoms with Crippen molar-refractivity contribution in [2.75, 3.05) is 0 Å². The third-order valence-electron chi connectivity index (χ3n) is 3.32. The molecule has 2 aliphatic rings. The molecule has 0 bridgehead atoms. The summed E-state index contributed by atoms with van der Waals surface area (Å²) in [4.78, 5) is 22.3. The van der Waals surface area contributed by atoms with Crippen LogP contribution in [0.3, 0.4) is 0 Å². The monoisotopic (exact) mass is 208 g/mol. The van der Waals surface area contributed by atoms with Crippen molar-refractivity contribution in [1.29, 1.82) is 0 Å². The summed E-state index contributed by atoms with van der Waals surface area (Å²) >= 11 is 0. The maximum Gasteiger partial charge on any atom is 0.303 e. The minimum atomic E-state index is -0.269. The molecule has 0 heterocycles. The molecule has 0 saturated heterocycles. The van der Waals surface area contributed by atoms with E-state index in [0.717, 1.165) is 12.0 Å². The predicted molar refractivity (Wildman–Crippen MR) is 55.1 cm³/mol. The Hall–Kier alpha value is -1.12. The number of ether oxygens (including phenoxy) is 1. The lowest BCUT2D eigenvalue weighted by Gasteiger charge is -2.26. The van der Waals surface area contributed by atoms with Gasteiger partial charge < -0.3 is 4.74 Å². The Bertz CT molecular complexity index is 352. The SMILES string of the molecule is CC(=O)OC1C2=CC(=O)CC2CC1(C)C. The van der Waals surface area contributed by atoms with E-state index in [4.69, 9.17) is 4.74 Å². The fourth-order valence-corrected chi connectivity index (χ4v) is 2.79. The molecule has 0 radical (unpaired) electrons. The van der Waals surface area contributed by atoms with Gasteiger partial charge in [-0.15, -0.1) is 0 Å². The number of hydrogen-bond donors (Lipinski definition) is 0. The summed E-state index contributed by atoms with van der Waals surface area (Å²) in [5, 5.41) is 0. The third-order valence-corrected chi connectivity index (χ3v) is 3.32. The van der Waals surface area contributed by atoms with Crippen molar-refractivity contribution >= 4 is 11.8 Å². The molecule has 3 nitrogen and oxygen atoms in total. The molecule has 0 aromatic carbocycles. The van der Waals surface area contributed by atoms with Crippen molar-refractivity contribution in [2.24, 2.45) is 11.3 Å². The Morgan fingerprint density at radius 2 is 2.20 bits per heavy atom. The van der Waals surface area contributed by atoms with Crippen molar-refractivity contribution in [3.05, 3.63) is 11.6 Å². The number of rotatable bonds is 1. The maximum absolute atomic E-state index is 11.3. The van der Waals surface area contributed by atoms with Crippen LogP contribution in [0.4, 0.5) is 0 Å². The zero-order chi connectivity index (χ0) is 11.2. The number of ketones is 1. The molecule has 0 aromatic heterocycles. The molecular formula is C12H16O3. The standard InChI is InChI=1S/C12H16O3/c1-7(13)15-11-10-5-9(14)4-8(10)6-12(11,2)3/h5,8,11H,4,6H2,1-3H3. The van der Waals surface area contributed by atoms with E-state index in [1.165, 1.54) is 6.92 Å². The molecule has 2 aliphatic carbocycles. The zero-order valence-electron chi connectivity index (χ0n) is 9.37. The molecule has 0 N–H and O–H groups in total. The van der Waals surface area contributed by atoms with Crippen LogP contribution in [0.15, 0.2) is 11.6 Å². The fraction of sp³-hybridized carbons (Fsp3) is 0.667. The van der Waals surface area contributed by atoms with Crippen molar-refractivity contribution in [3.63, 3.8) is 0 Å². The smallest absolute Gasteiger partial charge is 0.303 e. The minimum absolute atomic E-state index is 0.0388. The third kappa shape index (κ3) is 1.71. The Morgan fingerprint density at radius 3 is 2.80 bits per heavy atom. The van der Waals surface area contributed by atoms with Crippen molar-refractivity contribution in [1.82, 2.24) is 0 Å². The second-order valence-electron chi connectivity index (χ2n) is 5.19. The van der Waals surface area contributed by atoms with Gasteiger partial charge in [0.25, 0.3) is 0 Å². The van der Waals surface area contributed by atoms with Crippen LogP contribution in [0.25, 0.3) is 0 Å². The molecule has 3 heteroatoms. The number of esters is 1. The Balaban J connectivity index is 2.28. The fourth-order valence-electron chi connectivity index (χ4n) is 2.79. The highest BCUT2D eigenvalue weighted by atomic mass is 16.5. The van der Waals surface area contributed by atoms with Crippen LogP contribution in [0, 0.1) is 11.3 Å². The van der Waals surface area contributed by atoms with E-state index in [9.17, 15) is 9.59 Å². The summed E-state index contributed by atoms with van der Waals surface area (Å²) in [5.74, 6) is 0.202. The molecule has 1 fully saturated rings. The molecule has 0 aromatic rings. The first kappa shape index (κ1) is 10.4. The summed E-state index contributed by atoms with van der Waals surface area (Å²) in [6.07, 6.45) is 3.00.